The lowest BCUT2D eigenvalue weighted by atomic mass is 9.93. The first kappa shape index (κ1) is 16.6. The molecule has 0 bridgehead atoms. The molecule has 0 saturated carbocycles. The quantitative estimate of drug-likeness (QED) is 0.845. The first-order chi connectivity index (χ1) is 11.7. The van der Waals surface area contributed by atoms with Crippen molar-refractivity contribution in [2.24, 2.45) is 0 Å². The molecule has 24 heavy (non-hydrogen) atoms. The Balaban J connectivity index is 1.50. The molecule has 0 aliphatic carbocycles. The van der Waals surface area contributed by atoms with Crippen molar-refractivity contribution < 1.29 is 4.79 Å². The predicted octanol–water partition coefficient (Wildman–Crippen LogP) is 2.34. The number of hydrogen-bond acceptors (Lipinski definition) is 4. The number of likely N-dealkylation sites (tertiary alicyclic amines) is 1. The Hall–Kier alpha value is -2.24. The highest BCUT2D eigenvalue weighted by Gasteiger charge is 2.24. The van der Waals surface area contributed by atoms with E-state index < -0.39 is 0 Å². The van der Waals surface area contributed by atoms with Gasteiger partial charge in [-0.3, -0.25) is 14.8 Å². The zero-order chi connectivity index (χ0) is 16.9. The highest BCUT2D eigenvalue weighted by Crippen LogP contribution is 2.26. The van der Waals surface area contributed by atoms with Crippen molar-refractivity contribution in [2.45, 2.75) is 52.0 Å². The number of nitrogens with zero attached hydrogens (tertiary/aromatic N) is 5. The molecule has 1 aliphatic heterocycles. The predicted molar refractivity (Wildman–Crippen MR) is 91.5 cm³/mol. The lowest BCUT2D eigenvalue weighted by Gasteiger charge is -2.31. The third kappa shape index (κ3) is 3.80. The van der Waals surface area contributed by atoms with Crippen molar-refractivity contribution in [2.75, 3.05) is 13.1 Å². The van der Waals surface area contributed by atoms with Gasteiger partial charge in [-0.2, -0.15) is 0 Å². The fourth-order valence-electron chi connectivity index (χ4n) is 3.34. The molecule has 6 nitrogen and oxygen atoms in total. The Bertz CT molecular complexity index is 688. The minimum absolute atomic E-state index is 0.236. The van der Waals surface area contributed by atoms with Gasteiger partial charge in [-0.1, -0.05) is 6.92 Å². The second-order valence-electron chi connectivity index (χ2n) is 6.38. The maximum Gasteiger partial charge on any atom is 0.224 e. The van der Waals surface area contributed by atoms with Crippen LogP contribution in [0.3, 0.4) is 0 Å². The first-order valence-electron chi connectivity index (χ1n) is 8.73. The van der Waals surface area contributed by atoms with Gasteiger partial charge >= 0.3 is 0 Å². The number of aryl methyl sites for hydroxylation is 3. The van der Waals surface area contributed by atoms with Crippen LogP contribution in [0.1, 0.15) is 49.3 Å². The van der Waals surface area contributed by atoms with Crippen molar-refractivity contribution in [3.63, 3.8) is 0 Å². The number of piperidine rings is 1. The summed E-state index contributed by atoms with van der Waals surface area (Å²) in [6.07, 6.45) is 10.8. The van der Waals surface area contributed by atoms with E-state index in [-0.39, 0.29) is 5.91 Å². The number of carbonyl (C=O) groups excluding carboxylic acids is 1. The average Bonchev–Trinajstić information content (AvgIpc) is 3.07. The molecule has 0 atom stereocenters. The molecule has 6 heteroatoms. The Kier molecular flexibility index (Phi) is 5.23. The van der Waals surface area contributed by atoms with Crippen LogP contribution in [0.4, 0.5) is 0 Å². The summed E-state index contributed by atoms with van der Waals surface area (Å²) < 4.78 is 2.08. The summed E-state index contributed by atoms with van der Waals surface area (Å²) in [5.74, 6) is 1.70. The molecule has 1 saturated heterocycles. The molecular formula is C18H25N5O. The number of amides is 1. The number of aromatic nitrogens is 4. The largest absolute Gasteiger partial charge is 0.343 e. The van der Waals surface area contributed by atoms with E-state index in [0.29, 0.717) is 18.9 Å². The van der Waals surface area contributed by atoms with Crippen LogP contribution >= 0.6 is 0 Å². The van der Waals surface area contributed by atoms with Gasteiger partial charge in [0, 0.05) is 63.2 Å². The molecule has 2 aromatic heterocycles. The molecule has 3 heterocycles. The normalized spacial score (nSPS) is 15.7. The van der Waals surface area contributed by atoms with E-state index >= 15 is 0 Å². The molecule has 0 unspecified atom stereocenters. The molecule has 0 aromatic carbocycles. The maximum absolute atomic E-state index is 12.5. The lowest BCUT2D eigenvalue weighted by Crippen LogP contribution is -2.38. The maximum atomic E-state index is 12.5. The monoisotopic (exact) mass is 327 g/mol. The van der Waals surface area contributed by atoms with Crippen molar-refractivity contribution >= 4 is 5.91 Å². The average molecular weight is 327 g/mol. The van der Waals surface area contributed by atoms with Crippen LogP contribution in [0, 0.1) is 6.92 Å². The number of rotatable bonds is 5. The van der Waals surface area contributed by atoms with E-state index in [1.165, 1.54) is 0 Å². The van der Waals surface area contributed by atoms with E-state index in [9.17, 15) is 4.79 Å². The molecular weight excluding hydrogens is 302 g/mol. The molecule has 0 radical (unpaired) electrons. The molecule has 1 fully saturated rings. The fraction of sp³-hybridized carbons (Fsp3) is 0.556. The van der Waals surface area contributed by atoms with Gasteiger partial charge in [-0.25, -0.2) is 4.98 Å². The summed E-state index contributed by atoms with van der Waals surface area (Å²) in [7, 11) is 0. The van der Waals surface area contributed by atoms with E-state index in [4.69, 9.17) is 0 Å². The standard InChI is InChI=1S/C18H25N5O/c1-3-17-20-7-11-22(17)10-6-18(24)23-8-4-15(5-9-23)16-13-19-12-14(2)21-16/h7,11-13,15H,3-6,8-10H2,1-2H3. The topological polar surface area (TPSA) is 63.9 Å². The smallest absolute Gasteiger partial charge is 0.224 e. The highest BCUT2D eigenvalue weighted by molar-refractivity contribution is 5.76. The number of carbonyl (C=O) groups is 1. The SMILES string of the molecule is CCc1nccn1CCC(=O)N1CCC(c2cncc(C)n2)CC1. The lowest BCUT2D eigenvalue weighted by molar-refractivity contribution is -0.132. The summed E-state index contributed by atoms with van der Waals surface area (Å²) in [6, 6.07) is 0. The van der Waals surface area contributed by atoms with E-state index in [0.717, 1.165) is 49.6 Å². The third-order valence-electron chi connectivity index (χ3n) is 4.72. The molecule has 3 rings (SSSR count). The minimum atomic E-state index is 0.236. The van der Waals surface area contributed by atoms with Crippen LogP contribution in [0.15, 0.2) is 24.8 Å². The van der Waals surface area contributed by atoms with Gasteiger partial charge < -0.3 is 9.47 Å². The summed E-state index contributed by atoms with van der Waals surface area (Å²) in [5.41, 5.74) is 2.02. The van der Waals surface area contributed by atoms with Crippen molar-refractivity contribution in [3.8, 4) is 0 Å². The zero-order valence-corrected chi connectivity index (χ0v) is 14.5. The molecule has 1 aliphatic rings. The Morgan fingerprint density at radius 3 is 2.79 bits per heavy atom. The Morgan fingerprint density at radius 1 is 1.29 bits per heavy atom. The zero-order valence-electron chi connectivity index (χ0n) is 14.5. The van der Waals surface area contributed by atoms with Crippen LogP contribution in [-0.4, -0.2) is 43.4 Å². The van der Waals surface area contributed by atoms with Crippen LogP contribution in [-0.2, 0) is 17.8 Å². The summed E-state index contributed by atoms with van der Waals surface area (Å²) >= 11 is 0. The molecule has 0 N–H and O–H groups in total. The summed E-state index contributed by atoms with van der Waals surface area (Å²) in [6.45, 7) is 6.38. The summed E-state index contributed by atoms with van der Waals surface area (Å²) in [5, 5.41) is 0. The van der Waals surface area contributed by atoms with Crippen LogP contribution in [0.2, 0.25) is 0 Å². The van der Waals surface area contributed by atoms with Crippen LogP contribution < -0.4 is 0 Å². The first-order valence-corrected chi connectivity index (χ1v) is 8.73. The number of hydrogen-bond donors (Lipinski definition) is 0. The van der Waals surface area contributed by atoms with Crippen molar-refractivity contribution in [1.29, 1.82) is 0 Å². The molecule has 1 amide bonds. The van der Waals surface area contributed by atoms with Gasteiger partial charge in [0.15, 0.2) is 0 Å². The van der Waals surface area contributed by atoms with Gasteiger partial charge in [-0.05, 0) is 19.8 Å². The highest BCUT2D eigenvalue weighted by atomic mass is 16.2. The van der Waals surface area contributed by atoms with Gasteiger partial charge in [0.25, 0.3) is 0 Å². The van der Waals surface area contributed by atoms with Crippen molar-refractivity contribution in [1.82, 2.24) is 24.4 Å². The Labute approximate surface area is 142 Å². The van der Waals surface area contributed by atoms with Gasteiger partial charge in [-0.15, -0.1) is 0 Å². The Morgan fingerprint density at radius 2 is 2.08 bits per heavy atom. The number of imidazole rings is 1. The van der Waals surface area contributed by atoms with Crippen LogP contribution in [0.5, 0.6) is 0 Å². The van der Waals surface area contributed by atoms with E-state index in [2.05, 4.69) is 26.4 Å². The van der Waals surface area contributed by atoms with E-state index in [1.54, 1.807) is 12.4 Å². The van der Waals surface area contributed by atoms with Crippen molar-refractivity contribution in [3.05, 3.63) is 42.0 Å². The van der Waals surface area contributed by atoms with Gasteiger partial charge in [0.2, 0.25) is 5.91 Å². The van der Waals surface area contributed by atoms with E-state index in [1.807, 2.05) is 24.2 Å². The summed E-state index contributed by atoms with van der Waals surface area (Å²) in [4.78, 5) is 27.6. The van der Waals surface area contributed by atoms with Gasteiger partial charge in [0.05, 0.1) is 11.4 Å². The second kappa shape index (κ2) is 7.55. The minimum Gasteiger partial charge on any atom is -0.343 e. The molecule has 2 aromatic rings. The fourth-order valence-corrected chi connectivity index (χ4v) is 3.34. The second-order valence-corrected chi connectivity index (χ2v) is 6.38. The molecule has 128 valence electrons. The van der Waals surface area contributed by atoms with Crippen LogP contribution in [0.25, 0.3) is 0 Å². The third-order valence-corrected chi connectivity index (χ3v) is 4.72. The molecule has 0 spiro atoms. The van der Waals surface area contributed by atoms with Gasteiger partial charge in [0.1, 0.15) is 5.82 Å².